The molecule has 0 fully saturated rings. The number of anilines is 3. The van der Waals surface area contributed by atoms with Crippen molar-refractivity contribution >= 4 is 66.2 Å². The minimum Gasteiger partial charge on any atom is -0.310 e. The Balaban J connectivity index is 0.853. The van der Waals surface area contributed by atoms with Crippen molar-refractivity contribution in [3.8, 4) is 33.9 Å². The Bertz CT molecular complexity index is 4370. The molecule has 1 spiro atoms. The fraction of sp³-hybridized carbons (Fsp3) is 0.114. The van der Waals surface area contributed by atoms with E-state index in [2.05, 4.69) is 254 Å². The quantitative estimate of drug-likeness (QED) is 0.173. The molecule has 5 nitrogen and oxygen atoms in total. The van der Waals surface area contributed by atoms with Crippen molar-refractivity contribution in [2.45, 2.75) is 46.5 Å². The standard InChI is InChI=1S/C70H53N5/c1-42-31-34-65-59(37-42)70(58-27-10-6-22-52(58)56-26-14-17-44(3)67(56)70)60-38-43(2)32-35-66(60)75(65)50-21-16-19-48(40-50)69-45(4)68(71-46(5)72-69)47-18-15-20-49(39-47)73-63-30-13-9-25-55(63)57-41-51(33-36-64(57)73)74-61-28-11-7-23-53(61)54-24-8-12-29-62(54)74/h6-16,18-41,44H,17H2,1-5H3. The van der Waals surface area contributed by atoms with Crippen LogP contribution in [0.1, 0.15) is 58.1 Å². The fourth-order valence-corrected chi connectivity index (χ4v) is 13.6. The van der Waals surface area contributed by atoms with E-state index in [1.807, 2.05) is 6.92 Å². The second-order valence-electron chi connectivity index (χ2n) is 21.2. The van der Waals surface area contributed by atoms with Crippen LogP contribution in [0.25, 0.3) is 83.1 Å². The van der Waals surface area contributed by atoms with E-state index in [0.29, 0.717) is 5.92 Å². The first-order valence-electron chi connectivity index (χ1n) is 26.4. The summed E-state index contributed by atoms with van der Waals surface area (Å²) in [5.74, 6) is 1.11. The smallest absolute Gasteiger partial charge is 0.126 e. The number of para-hydroxylation sites is 3. The average Bonchev–Trinajstić information content (AvgIpc) is 4.07. The molecule has 5 heteroatoms. The van der Waals surface area contributed by atoms with Gasteiger partial charge in [-0.2, -0.15) is 0 Å². The summed E-state index contributed by atoms with van der Waals surface area (Å²) in [5.41, 5.74) is 25.9. The van der Waals surface area contributed by atoms with Crippen molar-refractivity contribution in [1.82, 2.24) is 19.1 Å². The molecule has 4 heterocycles. The van der Waals surface area contributed by atoms with Gasteiger partial charge in [0.05, 0.1) is 50.2 Å². The molecule has 9 aromatic carbocycles. The van der Waals surface area contributed by atoms with Crippen molar-refractivity contribution in [1.29, 1.82) is 0 Å². The summed E-state index contributed by atoms with van der Waals surface area (Å²) in [6, 6.07) is 74.5. The van der Waals surface area contributed by atoms with Crippen LogP contribution in [-0.4, -0.2) is 19.1 Å². The van der Waals surface area contributed by atoms with E-state index < -0.39 is 5.41 Å². The molecule has 12 aromatic rings. The summed E-state index contributed by atoms with van der Waals surface area (Å²) < 4.78 is 4.81. The highest BCUT2D eigenvalue weighted by Crippen LogP contribution is 2.65. The topological polar surface area (TPSA) is 38.9 Å². The molecular weight excluding hydrogens is 911 g/mol. The lowest BCUT2D eigenvalue weighted by Gasteiger charge is -2.47. The highest BCUT2D eigenvalue weighted by molar-refractivity contribution is 6.12. The Morgan fingerprint density at radius 3 is 1.60 bits per heavy atom. The number of benzene rings is 9. The van der Waals surface area contributed by atoms with Crippen LogP contribution in [0.5, 0.6) is 0 Å². The predicted molar refractivity (Wildman–Crippen MR) is 311 cm³/mol. The largest absolute Gasteiger partial charge is 0.310 e. The third kappa shape index (κ3) is 6.19. The summed E-state index contributed by atoms with van der Waals surface area (Å²) in [6.45, 7) is 11.1. The lowest BCUT2D eigenvalue weighted by Crippen LogP contribution is -2.39. The van der Waals surface area contributed by atoms with Gasteiger partial charge in [0.15, 0.2) is 0 Å². The molecule has 0 radical (unpaired) electrons. The van der Waals surface area contributed by atoms with Gasteiger partial charge in [-0.05, 0) is 146 Å². The van der Waals surface area contributed by atoms with Crippen molar-refractivity contribution in [2.75, 3.05) is 4.90 Å². The maximum atomic E-state index is 5.24. The maximum absolute atomic E-state index is 5.24. The zero-order valence-electron chi connectivity index (χ0n) is 42.7. The lowest BCUT2D eigenvalue weighted by molar-refractivity contribution is 0.579. The van der Waals surface area contributed by atoms with Gasteiger partial charge in [-0.15, -0.1) is 0 Å². The minimum absolute atomic E-state index is 0.376. The van der Waals surface area contributed by atoms with Crippen molar-refractivity contribution < 1.29 is 0 Å². The monoisotopic (exact) mass is 963 g/mol. The highest BCUT2D eigenvalue weighted by atomic mass is 15.2. The lowest BCUT2D eigenvalue weighted by atomic mass is 9.60. The van der Waals surface area contributed by atoms with E-state index in [9.17, 15) is 0 Å². The van der Waals surface area contributed by atoms with Crippen LogP contribution in [0.3, 0.4) is 0 Å². The second-order valence-corrected chi connectivity index (χ2v) is 21.2. The number of hydrogen-bond acceptors (Lipinski definition) is 3. The van der Waals surface area contributed by atoms with Crippen molar-refractivity contribution in [3.05, 3.63) is 263 Å². The predicted octanol–water partition coefficient (Wildman–Crippen LogP) is 17.7. The Hall–Kier alpha value is -9.06. The van der Waals surface area contributed by atoms with Crippen LogP contribution < -0.4 is 4.90 Å². The number of aryl methyl sites for hydroxylation is 3. The summed E-state index contributed by atoms with van der Waals surface area (Å²) in [4.78, 5) is 13.0. The van der Waals surface area contributed by atoms with Crippen LogP contribution in [0.4, 0.5) is 17.1 Å². The molecule has 0 saturated carbocycles. The van der Waals surface area contributed by atoms with E-state index in [-0.39, 0.29) is 0 Å². The summed E-state index contributed by atoms with van der Waals surface area (Å²) in [6.07, 6.45) is 5.80. The van der Waals surface area contributed by atoms with E-state index in [0.717, 1.165) is 68.4 Å². The minimum atomic E-state index is -0.424. The number of aromatic nitrogens is 4. The van der Waals surface area contributed by atoms with Crippen molar-refractivity contribution in [3.63, 3.8) is 0 Å². The van der Waals surface area contributed by atoms with Crippen LogP contribution in [0.2, 0.25) is 0 Å². The van der Waals surface area contributed by atoms with Gasteiger partial charge in [-0.25, -0.2) is 9.97 Å². The van der Waals surface area contributed by atoms with Crippen LogP contribution in [-0.2, 0) is 5.41 Å². The summed E-state index contributed by atoms with van der Waals surface area (Å²) in [5, 5.41) is 4.94. The van der Waals surface area contributed by atoms with Gasteiger partial charge in [-0.1, -0.05) is 158 Å². The molecule has 1 atom stereocenters. The fourth-order valence-electron chi connectivity index (χ4n) is 13.6. The first kappa shape index (κ1) is 43.5. The van der Waals surface area contributed by atoms with Gasteiger partial charge in [0, 0.05) is 55.3 Å². The number of nitrogens with zero attached hydrogens (tertiary/aromatic N) is 5. The second kappa shape index (κ2) is 16.2. The number of fused-ring (bicyclic) bond motifs is 14. The SMILES string of the molecule is Cc1ccc2c(c1)C1(C3=C(C=CCC3C)c3ccccc31)c1cc(C)ccc1N2c1cccc(-c2nc(C)nc(-c3cccc(-n4c5ccccc5c5cc(-n6c7ccccc7c7ccccc76)ccc54)c3)c2C)c1. The molecule has 1 unspecified atom stereocenters. The average molecular weight is 964 g/mol. The molecule has 1 aliphatic heterocycles. The Kier molecular flexibility index (Phi) is 9.41. The highest BCUT2D eigenvalue weighted by Gasteiger charge is 2.54. The normalized spacial score (nSPS) is 15.3. The Morgan fingerprint density at radius 1 is 0.453 bits per heavy atom. The first-order valence-corrected chi connectivity index (χ1v) is 26.4. The number of rotatable bonds is 5. The molecule has 75 heavy (non-hydrogen) atoms. The molecule has 15 rings (SSSR count). The van der Waals surface area contributed by atoms with Gasteiger partial charge in [-0.3, -0.25) is 0 Å². The van der Waals surface area contributed by atoms with Crippen LogP contribution in [0.15, 0.2) is 218 Å². The summed E-state index contributed by atoms with van der Waals surface area (Å²) >= 11 is 0. The molecule has 0 saturated heterocycles. The van der Waals surface area contributed by atoms with Gasteiger partial charge >= 0.3 is 0 Å². The van der Waals surface area contributed by atoms with Crippen LogP contribution >= 0.6 is 0 Å². The Morgan fingerprint density at radius 2 is 0.973 bits per heavy atom. The van der Waals surface area contributed by atoms with Crippen molar-refractivity contribution in [2.24, 2.45) is 5.92 Å². The van der Waals surface area contributed by atoms with Crippen LogP contribution in [0, 0.1) is 33.6 Å². The zero-order valence-corrected chi connectivity index (χ0v) is 42.7. The third-order valence-electron chi connectivity index (χ3n) is 16.7. The van der Waals surface area contributed by atoms with E-state index in [4.69, 9.17) is 9.97 Å². The van der Waals surface area contributed by atoms with E-state index in [1.54, 1.807) is 0 Å². The molecule has 0 N–H and O–H groups in total. The Labute approximate surface area is 437 Å². The molecule has 3 aliphatic rings. The number of allylic oxidation sites excluding steroid dienone is 4. The van der Waals surface area contributed by atoms with Gasteiger partial charge < -0.3 is 14.0 Å². The molecule has 0 bridgehead atoms. The van der Waals surface area contributed by atoms with E-state index >= 15 is 0 Å². The van der Waals surface area contributed by atoms with Gasteiger partial charge in [0.1, 0.15) is 5.82 Å². The first-order chi connectivity index (χ1) is 36.8. The maximum Gasteiger partial charge on any atom is 0.126 e. The molecule has 3 aromatic heterocycles. The van der Waals surface area contributed by atoms with Gasteiger partial charge in [0.25, 0.3) is 0 Å². The van der Waals surface area contributed by atoms with E-state index in [1.165, 1.54) is 88.5 Å². The molecule has 2 aliphatic carbocycles. The zero-order chi connectivity index (χ0) is 50.3. The summed E-state index contributed by atoms with van der Waals surface area (Å²) in [7, 11) is 0. The number of hydrogen-bond donors (Lipinski definition) is 0. The molecular formula is C70H53N5. The van der Waals surface area contributed by atoms with Gasteiger partial charge in [0.2, 0.25) is 0 Å². The molecule has 358 valence electrons. The molecule has 0 amide bonds. The third-order valence-corrected chi connectivity index (χ3v) is 16.7.